The molecule has 0 atom stereocenters. The number of anilines is 1. The molecule has 0 bridgehead atoms. The lowest BCUT2D eigenvalue weighted by atomic mass is 10.1. The third-order valence-corrected chi connectivity index (χ3v) is 1.88. The Bertz CT molecular complexity index is 460. The molecule has 0 unspecified atom stereocenters. The molecule has 0 fully saturated rings. The first kappa shape index (κ1) is 10.8. The van der Waals surface area contributed by atoms with Gasteiger partial charge in [0.25, 0.3) is 0 Å². The molecule has 0 saturated carbocycles. The second kappa shape index (κ2) is 3.48. The Morgan fingerprint density at radius 3 is 2.27 bits per heavy atom. The molecule has 80 valence electrons. The van der Waals surface area contributed by atoms with Crippen LogP contribution in [0.2, 0.25) is 0 Å². The van der Waals surface area contributed by atoms with Gasteiger partial charge in [0.2, 0.25) is 5.82 Å². The quantitative estimate of drug-likeness (QED) is 0.456. The van der Waals surface area contributed by atoms with Crippen molar-refractivity contribution in [1.29, 1.82) is 0 Å². The topological polar surface area (TPSA) is 112 Å². The van der Waals surface area contributed by atoms with Crippen LogP contribution in [0.25, 0.3) is 0 Å². The van der Waals surface area contributed by atoms with Crippen molar-refractivity contribution in [3.63, 3.8) is 0 Å². The normalized spacial score (nSPS) is 10.0. The predicted molar refractivity (Wildman–Crippen MR) is 48.9 cm³/mol. The number of nitro groups is 2. The maximum Gasteiger partial charge on any atom is 0.381 e. The van der Waals surface area contributed by atoms with E-state index in [4.69, 9.17) is 5.73 Å². The standard InChI is InChI=1S/C7H6FN3O4/c1-3-4(9)2-5(10(12)13)7(6(3)8)11(14)15/h2H,9H2,1H3. The molecule has 15 heavy (non-hydrogen) atoms. The SMILES string of the molecule is Cc1c(N)cc([N+](=O)[O-])c([N+](=O)[O-])c1F. The molecule has 8 heteroatoms. The summed E-state index contributed by atoms with van der Waals surface area (Å²) in [5.41, 5.74) is 2.79. The molecule has 2 N–H and O–H groups in total. The van der Waals surface area contributed by atoms with E-state index in [0.717, 1.165) is 6.07 Å². The highest BCUT2D eigenvalue weighted by molar-refractivity contribution is 5.65. The Labute approximate surface area is 82.6 Å². The molecular formula is C7H6FN3O4. The van der Waals surface area contributed by atoms with Crippen molar-refractivity contribution >= 4 is 17.1 Å². The van der Waals surface area contributed by atoms with Gasteiger partial charge in [-0.2, -0.15) is 4.39 Å². The van der Waals surface area contributed by atoms with E-state index in [2.05, 4.69) is 0 Å². The van der Waals surface area contributed by atoms with Crippen LogP contribution < -0.4 is 5.73 Å². The van der Waals surface area contributed by atoms with Crippen molar-refractivity contribution in [2.45, 2.75) is 6.92 Å². The molecular weight excluding hydrogens is 209 g/mol. The second-order valence-electron chi connectivity index (χ2n) is 2.79. The summed E-state index contributed by atoms with van der Waals surface area (Å²) >= 11 is 0. The van der Waals surface area contributed by atoms with Gasteiger partial charge in [-0.25, -0.2) is 0 Å². The van der Waals surface area contributed by atoms with Gasteiger partial charge in [-0.05, 0) is 6.92 Å². The lowest BCUT2D eigenvalue weighted by Gasteiger charge is -2.02. The van der Waals surface area contributed by atoms with Gasteiger partial charge < -0.3 is 5.73 Å². The number of nitro benzene ring substituents is 2. The Balaban J connectivity index is 3.65. The van der Waals surface area contributed by atoms with Crippen LogP contribution in [0.5, 0.6) is 0 Å². The fourth-order valence-corrected chi connectivity index (χ4v) is 1.05. The maximum absolute atomic E-state index is 13.3. The van der Waals surface area contributed by atoms with Gasteiger partial charge in [-0.1, -0.05) is 0 Å². The number of nitrogen functional groups attached to an aromatic ring is 1. The molecule has 0 aliphatic carbocycles. The largest absolute Gasteiger partial charge is 0.398 e. The van der Waals surface area contributed by atoms with Gasteiger partial charge in [0.05, 0.1) is 9.85 Å². The van der Waals surface area contributed by atoms with Gasteiger partial charge in [0.1, 0.15) is 0 Å². The molecule has 0 amide bonds. The monoisotopic (exact) mass is 215 g/mol. The summed E-state index contributed by atoms with van der Waals surface area (Å²) in [5.74, 6) is -1.27. The van der Waals surface area contributed by atoms with E-state index in [1.165, 1.54) is 6.92 Å². The summed E-state index contributed by atoms with van der Waals surface area (Å²) in [7, 11) is 0. The van der Waals surface area contributed by atoms with Gasteiger partial charge in [0, 0.05) is 17.3 Å². The highest BCUT2D eigenvalue weighted by Gasteiger charge is 2.31. The fraction of sp³-hybridized carbons (Fsp3) is 0.143. The highest BCUT2D eigenvalue weighted by atomic mass is 19.1. The van der Waals surface area contributed by atoms with Crippen LogP contribution in [-0.4, -0.2) is 9.85 Å². The molecule has 0 heterocycles. The maximum atomic E-state index is 13.3. The third kappa shape index (κ3) is 1.68. The van der Waals surface area contributed by atoms with Crippen LogP contribution in [0.1, 0.15) is 5.56 Å². The lowest BCUT2D eigenvalue weighted by molar-refractivity contribution is -0.424. The summed E-state index contributed by atoms with van der Waals surface area (Å²) < 4.78 is 13.3. The van der Waals surface area contributed by atoms with Gasteiger partial charge in [-0.3, -0.25) is 20.2 Å². The average Bonchev–Trinajstić information content (AvgIpc) is 2.12. The zero-order valence-corrected chi connectivity index (χ0v) is 7.56. The first-order chi connectivity index (χ1) is 6.86. The molecule has 7 nitrogen and oxygen atoms in total. The molecule has 0 aromatic heterocycles. The van der Waals surface area contributed by atoms with Gasteiger partial charge >= 0.3 is 11.4 Å². The number of hydrogen-bond donors (Lipinski definition) is 1. The fourth-order valence-electron chi connectivity index (χ4n) is 1.05. The molecule has 1 rings (SSSR count). The summed E-state index contributed by atoms with van der Waals surface area (Å²) in [5, 5.41) is 20.9. The number of nitrogens with two attached hydrogens (primary N) is 1. The summed E-state index contributed by atoms with van der Waals surface area (Å²) in [6.07, 6.45) is 0. The molecule has 0 saturated heterocycles. The van der Waals surface area contributed by atoms with Gasteiger partial charge in [-0.15, -0.1) is 0 Å². The summed E-state index contributed by atoms with van der Waals surface area (Å²) in [6, 6.07) is 0.774. The lowest BCUT2D eigenvalue weighted by Crippen LogP contribution is -2.04. The second-order valence-corrected chi connectivity index (χ2v) is 2.79. The Kier molecular flexibility index (Phi) is 2.51. The van der Waals surface area contributed by atoms with Crippen molar-refractivity contribution < 1.29 is 14.2 Å². The van der Waals surface area contributed by atoms with E-state index < -0.39 is 27.0 Å². The van der Waals surface area contributed by atoms with Crippen molar-refractivity contribution in [2.24, 2.45) is 0 Å². The van der Waals surface area contributed by atoms with E-state index >= 15 is 0 Å². The summed E-state index contributed by atoms with van der Waals surface area (Å²) in [4.78, 5) is 18.7. The molecule has 0 aliphatic heterocycles. The first-order valence-corrected chi connectivity index (χ1v) is 3.73. The zero-order valence-electron chi connectivity index (χ0n) is 7.56. The van der Waals surface area contributed by atoms with Crippen LogP contribution in [0, 0.1) is 33.0 Å². The van der Waals surface area contributed by atoms with E-state index in [1.807, 2.05) is 0 Å². The van der Waals surface area contributed by atoms with E-state index in [-0.39, 0.29) is 11.3 Å². The minimum Gasteiger partial charge on any atom is -0.398 e. The van der Waals surface area contributed by atoms with Crippen LogP contribution in [0.3, 0.4) is 0 Å². The smallest absolute Gasteiger partial charge is 0.381 e. The van der Waals surface area contributed by atoms with E-state index in [9.17, 15) is 24.6 Å². The van der Waals surface area contributed by atoms with Gasteiger partial charge in [0.15, 0.2) is 0 Å². The minimum atomic E-state index is -1.27. The molecule has 1 aromatic carbocycles. The Hall–Kier alpha value is -2.25. The number of hydrogen-bond acceptors (Lipinski definition) is 5. The van der Waals surface area contributed by atoms with Crippen molar-refractivity contribution in [3.05, 3.63) is 37.7 Å². The van der Waals surface area contributed by atoms with Crippen LogP contribution in [-0.2, 0) is 0 Å². The van der Waals surface area contributed by atoms with Crippen LogP contribution in [0.4, 0.5) is 21.5 Å². The molecule has 1 aromatic rings. The number of nitrogens with zero attached hydrogens (tertiary/aromatic N) is 2. The predicted octanol–water partition coefficient (Wildman–Crippen LogP) is 1.53. The third-order valence-electron chi connectivity index (χ3n) is 1.88. The highest BCUT2D eigenvalue weighted by Crippen LogP contribution is 2.34. The zero-order chi connectivity index (χ0) is 11.7. The molecule has 0 spiro atoms. The van der Waals surface area contributed by atoms with Crippen molar-refractivity contribution in [1.82, 2.24) is 0 Å². The van der Waals surface area contributed by atoms with Crippen molar-refractivity contribution in [3.8, 4) is 0 Å². The number of rotatable bonds is 2. The van der Waals surface area contributed by atoms with E-state index in [0.29, 0.717) is 0 Å². The minimum absolute atomic E-state index is 0.174. The van der Waals surface area contributed by atoms with Crippen molar-refractivity contribution in [2.75, 3.05) is 5.73 Å². The van der Waals surface area contributed by atoms with Crippen LogP contribution >= 0.6 is 0 Å². The number of halogens is 1. The summed E-state index contributed by atoms with van der Waals surface area (Å²) in [6.45, 7) is 1.21. The average molecular weight is 215 g/mol. The van der Waals surface area contributed by atoms with Crippen LogP contribution in [0.15, 0.2) is 6.07 Å². The first-order valence-electron chi connectivity index (χ1n) is 3.73. The number of benzene rings is 1. The molecule has 0 aliphatic rings. The molecule has 0 radical (unpaired) electrons. The Morgan fingerprint density at radius 2 is 1.87 bits per heavy atom. The van der Waals surface area contributed by atoms with E-state index in [1.54, 1.807) is 0 Å². The Morgan fingerprint density at radius 1 is 1.33 bits per heavy atom.